The van der Waals surface area contributed by atoms with Crippen LogP contribution in [0.15, 0.2) is 47.9 Å². The van der Waals surface area contributed by atoms with Crippen LogP contribution in [0.5, 0.6) is 11.5 Å². The van der Waals surface area contributed by atoms with Gasteiger partial charge in [0.1, 0.15) is 11.5 Å². The van der Waals surface area contributed by atoms with E-state index in [1.165, 1.54) is 49.8 Å². The van der Waals surface area contributed by atoms with E-state index in [-0.39, 0.29) is 29.4 Å². The van der Waals surface area contributed by atoms with Gasteiger partial charge >= 0.3 is 12.3 Å². The molecule has 1 aromatic heterocycles. The Morgan fingerprint density at radius 2 is 1.93 bits per heavy atom. The van der Waals surface area contributed by atoms with Gasteiger partial charge in [0, 0.05) is 6.20 Å². The molecule has 0 fully saturated rings. The molecule has 1 atom stereocenters. The monoisotopic (exact) mass is 382 g/mol. The lowest BCUT2D eigenvalue weighted by Crippen LogP contribution is -2.17. The van der Waals surface area contributed by atoms with Crippen molar-refractivity contribution in [3.8, 4) is 11.5 Å². The first-order valence-corrected chi connectivity index (χ1v) is 7.63. The van der Waals surface area contributed by atoms with Gasteiger partial charge in [-0.1, -0.05) is 17.3 Å². The molecular weight excluding hydrogens is 369 g/mol. The highest BCUT2D eigenvalue weighted by molar-refractivity contribution is 5.89. The van der Waals surface area contributed by atoms with E-state index in [0.29, 0.717) is 5.56 Å². The summed E-state index contributed by atoms with van der Waals surface area (Å²) in [5, 5.41) is 3.80. The van der Waals surface area contributed by atoms with Gasteiger partial charge in [0.2, 0.25) is 5.90 Å². The van der Waals surface area contributed by atoms with E-state index in [0.717, 1.165) is 0 Å². The molecule has 10 heteroatoms. The van der Waals surface area contributed by atoms with Crippen molar-refractivity contribution in [2.24, 2.45) is 5.16 Å². The van der Waals surface area contributed by atoms with Gasteiger partial charge in [-0.2, -0.15) is 0 Å². The first-order valence-electron chi connectivity index (χ1n) is 7.63. The molecule has 0 saturated carbocycles. The normalized spacial score (nSPS) is 16.3. The zero-order chi connectivity index (χ0) is 19.4. The van der Waals surface area contributed by atoms with Crippen LogP contribution in [0.1, 0.15) is 28.4 Å². The minimum Gasteiger partial charge on any atom is -0.465 e. The zero-order valence-corrected chi connectivity index (χ0v) is 13.9. The predicted octanol–water partition coefficient (Wildman–Crippen LogP) is 3.62. The average Bonchev–Trinajstić information content (AvgIpc) is 3.09. The summed E-state index contributed by atoms with van der Waals surface area (Å²) in [6, 6.07) is 6.72. The van der Waals surface area contributed by atoms with Gasteiger partial charge in [0.05, 0.1) is 25.3 Å². The Kier molecular flexibility index (Phi) is 5.15. The lowest BCUT2D eigenvalue weighted by atomic mass is 10.1. The predicted molar refractivity (Wildman–Crippen MR) is 85.2 cm³/mol. The summed E-state index contributed by atoms with van der Waals surface area (Å²) >= 11 is 0. The largest absolute Gasteiger partial charge is 0.573 e. The fraction of sp³-hybridized carbons (Fsp3) is 0.235. The molecule has 3 rings (SSSR count). The molecule has 0 bridgehead atoms. The standard InChI is InChI=1S/C17H13F3N2O5/c1-24-16(23)11-6-13(9-21-8-11)25-15-7-14(27-22-15)10-2-4-12(5-3-10)26-17(18,19)20/h2-6,8-9,14H,7H2,1H3/t14-/m1/s1. The van der Waals surface area contributed by atoms with E-state index in [2.05, 4.69) is 19.6 Å². The Labute approximate surface area is 151 Å². The first kappa shape index (κ1) is 18.5. The number of benzene rings is 1. The number of pyridine rings is 1. The molecule has 0 aliphatic carbocycles. The van der Waals surface area contributed by atoms with Crippen LogP contribution in [0.4, 0.5) is 13.2 Å². The third-order valence-electron chi connectivity index (χ3n) is 3.50. The van der Waals surface area contributed by atoms with Gasteiger partial charge in [-0.15, -0.1) is 13.2 Å². The van der Waals surface area contributed by atoms with Crippen molar-refractivity contribution in [3.05, 3.63) is 53.9 Å². The number of carbonyl (C=O) groups excluding carboxylic acids is 1. The van der Waals surface area contributed by atoms with Crippen LogP contribution >= 0.6 is 0 Å². The molecule has 2 heterocycles. The number of aromatic nitrogens is 1. The second-order valence-electron chi connectivity index (χ2n) is 5.40. The van der Waals surface area contributed by atoms with Gasteiger partial charge in [0.25, 0.3) is 0 Å². The molecule has 0 amide bonds. The molecule has 2 aromatic rings. The van der Waals surface area contributed by atoms with Crippen molar-refractivity contribution in [1.82, 2.24) is 4.98 Å². The molecule has 7 nitrogen and oxygen atoms in total. The molecular formula is C17H13F3N2O5. The molecule has 0 N–H and O–H groups in total. The smallest absolute Gasteiger partial charge is 0.465 e. The molecule has 0 unspecified atom stereocenters. The summed E-state index contributed by atoms with van der Waals surface area (Å²) in [4.78, 5) is 20.6. The van der Waals surface area contributed by atoms with Crippen LogP contribution in [-0.4, -0.2) is 30.3 Å². The minimum absolute atomic E-state index is 0.214. The molecule has 27 heavy (non-hydrogen) atoms. The SMILES string of the molecule is COC(=O)c1cncc(OC2=NO[C@@H](c3ccc(OC(F)(F)F)cc3)C2)c1. The maximum Gasteiger partial charge on any atom is 0.573 e. The van der Waals surface area contributed by atoms with Crippen LogP contribution in [0.2, 0.25) is 0 Å². The van der Waals surface area contributed by atoms with Gasteiger partial charge in [0.15, 0.2) is 6.10 Å². The molecule has 1 aromatic carbocycles. The third-order valence-corrected chi connectivity index (χ3v) is 3.50. The number of nitrogens with zero attached hydrogens (tertiary/aromatic N) is 2. The van der Waals surface area contributed by atoms with Crippen molar-refractivity contribution in [3.63, 3.8) is 0 Å². The highest BCUT2D eigenvalue weighted by atomic mass is 19.4. The third kappa shape index (κ3) is 4.87. The van der Waals surface area contributed by atoms with E-state index in [9.17, 15) is 18.0 Å². The summed E-state index contributed by atoms with van der Waals surface area (Å²) in [5.74, 6) is -0.377. The first-order chi connectivity index (χ1) is 12.8. The van der Waals surface area contributed by atoms with Crippen molar-refractivity contribution in [2.45, 2.75) is 18.9 Å². The lowest BCUT2D eigenvalue weighted by molar-refractivity contribution is -0.274. The lowest BCUT2D eigenvalue weighted by Gasteiger charge is -2.11. The number of carbonyl (C=O) groups is 1. The van der Waals surface area contributed by atoms with Gasteiger partial charge in [-0.25, -0.2) is 4.79 Å². The number of alkyl halides is 3. The van der Waals surface area contributed by atoms with E-state index < -0.39 is 18.4 Å². The highest BCUT2D eigenvalue weighted by Gasteiger charge is 2.31. The van der Waals surface area contributed by atoms with Gasteiger partial charge in [-0.05, 0) is 23.8 Å². The van der Waals surface area contributed by atoms with Crippen molar-refractivity contribution >= 4 is 11.9 Å². The maximum atomic E-state index is 12.2. The summed E-state index contributed by atoms with van der Waals surface area (Å²) in [7, 11) is 1.25. The van der Waals surface area contributed by atoms with Crippen LogP contribution < -0.4 is 9.47 Å². The fourth-order valence-electron chi connectivity index (χ4n) is 2.32. The topological polar surface area (TPSA) is 79.2 Å². The number of methoxy groups -OCH3 is 1. The summed E-state index contributed by atoms with van der Waals surface area (Å²) < 4.78 is 50.5. The van der Waals surface area contributed by atoms with Crippen molar-refractivity contribution in [2.75, 3.05) is 7.11 Å². The Balaban J connectivity index is 1.61. The number of esters is 1. The van der Waals surface area contributed by atoms with E-state index in [1.54, 1.807) is 0 Å². The van der Waals surface area contributed by atoms with Crippen LogP contribution in [-0.2, 0) is 9.57 Å². The summed E-state index contributed by atoms with van der Waals surface area (Å²) in [6.45, 7) is 0. The molecule has 0 spiro atoms. The van der Waals surface area contributed by atoms with E-state index >= 15 is 0 Å². The number of ether oxygens (including phenoxy) is 3. The highest BCUT2D eigenvalue weighted by Crippen LogP contribution is 2.30. The van der Waals surface area contributed by atoms with E-state index in [4.69, 9.17) is 9.57 Å². The molecule has 0 saturated heterocycles. The van der Waals surface area contributed by atoms with Crippen LogP contribution in [0.3, 0.4) is 0 Å². The number of hydrogen-bond donors (Lipinski definition) is 0. The summed E-state index contributed by atoms with van der Waals surface area (Å²) in [5.41, 5.74) is 0.819. The Bertz CT molecular complexity index is 852. The molecule has 1 aliphatic heterocycles. The minimum atomic E-state index is -4.75. The maximum absolute atomic E-state index is 12.2. The number of rotatable bonds is 4. The quantitative estimate of drug-likeness (QED) is 0.752. The van der Waals surface area contributed by atoms with Crippen LogP contribution in [0, 0.1) is 0 Å². The average molecular weight is 382 g/mol. The van der Waals surface area contributed by atoms with Crippen LogP contribution in [0.25, 0.3) is 0 Å². The summed E-state index contributed by atoms with van der Waals surface area (Å²) in [6.07, 6.45) is -2.29. The second kappa shape index (κ2) is 7.52. The number of halogens is 3. The number of oxime groups is 1. The van der Waals surface area contributed by atoms with Gasteiger partial charge in [-0.3, -0.25) is 4.98 Å². The Morgan fingerprint density at radius 1 is 1.19 bits per heavy atom. The zero-order valence-electron chi connectivity index (χ0n) is 13.9. The van der Waals surface area contributed by atoms with Crippen molar-refractivity contribution < 1.29 is 37.0 Å². The van der Waals surface area contributed by atoms with Crippen molar-refractivity contribution in [1.29, 1.82) is 0 Å². The Morgan fingerprint density at radius 3 is 2.59 bits per heavy atom. The number of hydrogen-bond acceptors (Lipinski definition) is 7. The molecule has 142 valence electrons. The Hall–Kier alpha value is -3.30. The second-order valence-corrected chi connectivity index (χ2v) is 5.40. The fourth-order valence-corrected chi connectivity index (χ4v) is 2.32. The molecule has 1 aliphatic rings. The van der Waals surface area contributed by atoms with Gasteiger partial charge < -0.3 is 19.0 Å². The molecule has 0 radical (unpaired) electrons. The van der Waals surface area contributed by atoms with E-state index in [1.807, 2.05) is 0 Å².